The topological polar surface area (TPSA) is 91.3 Å². The van der Waals surface area contributed by atoms with E-state index in [-0.39, 0.29) is 30.2 Å². The van der Waals surface area contributed by atoms with E-state index in [1.165, 1.54) is 4.90 Å². The number of hydrogen-bond acceptors (Lipinski definition) is 6. The normalized spacial score (nSPS) is 25.6. The molecule has 2 amide bonds. The third kappa shape index (κ3) is 4.98. The van der Waals surface area contributed by atoms with E-state index in [0.29, 0.717) is 5.92 Å². The Hall–Kier alpha value is -1.64. The number of likely N-dealkylation sites (tertiary alicyclic amines) is 1. The van der Waals surface area contributed by atoms with Crippen molar-refractivity contribution in [2.75, 3.05) is 34.9 Å². The van der Waals surface area contributed by atoms with Crippen molar-refractivity contribution < 1.29 is 24.2 Å². The average Bonchev–Trinajstić information content (AvgIpc) is 3.01. The molecule has 2 fully saturated rings. The van der Waals surface area contributed by atoms with E-state index in [9.17, 15) is 14.7 Å². The fraction of sp³-hybridized carbons (Fsp3) is 0.818. The lowest BCUT2D eigenvalue weighted by Gasteiger charge is -2.46. The van der Waals surface area contributed by atoms with Gasteiger partial charge in [-0.1, -0.05) is 26.3 Å². The second-order valence-corrected chi connectivity index (χ2v) is 9.74. The van der Waals surface area contributed by atoms with Crippen LogP contribution in [-0.4, -0.2) is 85.6 Å². The van der Waals surface area contributed by atoms with Crippen LogP contribution >= 0.6 is 0 Å². The molecule has 0 aromatic heterocycles. The zero-order valence-electron chi connectivity index (χ0n) is 19.7. The van der Waals surface area contributed by atoms with Crippen LogP contribution in [0.4, 0.5) is 0 Å². The van der Waals surface area contributed by atoms with Gasteiger partial charge in [0.15, 0.2) is 5.79 Å². The second kappa shape index (κ2) is 9.24. The third-order valence-corrected chi connectivity index (χ3v) is 6.48. The Morgan fingerprint density at radius 2 is 1.83 bits per heavy atom. The maximum absolute atomic E-state index is 13.6. The van der Waals surface area contributed by atoms with Gasteiger partial charge >= 0.3 is 0 Å². The summed E-state index contributed by atoms with van der Waals surface area (Å²) in [5.41, 5.74) is 0.792. The molecule has 0 bridgehead atoms. The maximum Gasteiger partial charge on any atom is 0.246 e. The van der Waals surface area contributed by atoms with Gasteiger partial charge in [0.2, 0.25) is 11.8 Å². The summed E-state index contributed by atoms with van der Waals surface area (Å²) >= 11 is 0. The largest absolute Gasteiger partial charge is 0.391 e. The lowest BCUT2D eigenvalue weighted by atomic mass is 9.74. The van der Waals surface area contributed by atoms with Gasteiger partial charge in [-0.05, 0) is 24.5 Å². The number of β-amino-alcohol motifs (C(OH)–C–C–N with tert-alkyl or cyclic N) is 1. The Kier molecular flexibility index (Phi) is 7.59. The zero-order chi connectivity index (χ0) is 22.9. The molecule has 2 rings (SSSR count). The Balaban J connectivity index is 2.21. The Labute approximate surface area is 180 Å². The van der Waals surface area contributed by atoms with Gasteiger partial charge in [0.1, 0.15) is 12.1 Å². The fourth-order valence-electron chi connectivity index (χ4n) is 4.72. The first-order chi connectivity index (χ1) is 13.9. The fourth-order valence-corrected chi connectivity index (χ4v) is 4.72. The van der Waals surface area contributed by atoms with Crippen LogP contribution in [0.2, 0.25) is 0 Å². The van der Waals surface area contributed by atoms with Crippen molar-refractivity contribution in [1.82, 2.24) is 15.1 Å². The van der Waals surface area contributed by atoms with Gasteiger partial charge in [-0.25, -0.2) is 0 Å². The summed E-state index contributed by atoms with van der Waals surface area (Å²) in [6.07, 6.45) is 3.15. The van der Waals surface area contributed by atoms with Crippen LogP contribution in [0, 0.1) is 11.3 Å². The van der Waals surface area contributed by atoms with E-state index in [4.69, 9.17) is 9.47 Å². The highest BCUT2D eigenvalue weighted by Crippen LogP contribution is 2.45. The van der Waals surface area contributed by atoms with Gasteiger partial charge in [0, 0.05) is 54.1 Å². The predicted octanol–water partition coefficient (Wildman–Crippen LogP) is 1.34. The molecule has 1 heterocycles. The van der Waals surface area contributed by atoms with E-state index in [1.54, 1.807) is 21.3 Å². The molecule has 8 nitrogen and oxygen atoms in total. The SMILES string of the molecule is CNC(=O)[C@@H]1C[C@@H](O)CN1C(=O)[C@@H](N(C)/C=C(\C)C1CC(OC)(OC)C1)C(C)(C)C. The summed E-state index contributed by atoms with van der Waals surface area (Å²) < 4.78 is 11.0. The highest BCUT2D eigenvalue weighted by Gasteiger charge is 2.47. The van der Waals surface area contributed by atoms with Crippen LogP contribution in [0.25, 0.3) is 0 Å². The number of hydrogen-bond donors (Lipinski definition) is 2. The van der Waals surface area contributed by atoms with Crippen LogP contribution in [-0.2, 0) is 19.1 Å². The van der Waals surface area contributed by atoms with Gasteiger partial charge in [-0.15, -0.1) is 0 Å². The molecule has 1 aliphatic heterocycles. The molecule has 0 aromatic rings. The number of amides is 2. The number of nitrogens with zero attached hydrogens (tertiary/aromatic N) is 2. The summed E-state index contributed by atoms with van der Waals surface area (Å²) in [7, 11) is 6.77. The molecule has 0 unspecified atom stereocenters. The summed E-state index contributed by atoms with van der Waals surface area (Å²) in [6, 6.07) is -1.11. The molecule has 172 valence electrons. The molecular formula is C22H39N3O5. The molecule has 0 spiro atoms. The lowest BCUT2D eigenvalue weighted by molar-refractivity contribution is -0.264. The molecule has 1 saturated heterocycles. The summed E-state index contributed by atoms with van der Waals surface area (Å²) in [6.45, 7) is 8.28. The molecule has 30 heavy (non-hydrogen) atoms. The number of rotatable bonds is 7. The van der Waals surface area contributed by atoms with Crippen molar-refractivity contribution in [1.29, 1.82) is 0 Å². The molecular weight excluding hydrogens is 386 g/mol. The number of ether oxygens (including phenoxy) is 2. The number of aliphatic hydroxyl groups excluding tert-OH is 1. The number of nitrogens with one attached hydrogen (secondary N) is 1. The Bertz CT molecular complexity index is 660. The smallest absolute Gasteiger partial charge is 0.246 e. The van der Waals surface area contributed by atoms with E-state index in [0.717, 1.165) is 18.4 Å². The van der Waals surface area contributed by atoms with Gasteiger partial charge in [0.25, 0.3) is 0 Å². The average molecular weight is 426 g/mol. The van der Waals surface area contributed by atoms with Crippen molar-refractivity contribution in [3.63, 3.8) is 0 Å². The van der Waals surface area contributed by atoms with Crippen LogP contribution in [0.3, 0.4) is 0 Å². The van der Waals surface area contributed by atoms with Crippen molar-refractivity contribution in [3.05, 3.63) is 11.8 Å². The van der Waals surface area contributed by atoms with Crippen LogP contribution < -0.4 is 5.32 Å². The molecule has 2 aliphatic rings. The minimum Gasteiger partial charge on any atom is -0.391 e. The van der Waals surface area contributed by atoms with E-state index in [2.05, 4.69) is 12.2 Å². The van der Waals surface area contributed by atoms with Crippen LogP contribution in [0.5, 0.6) is 0 Å². The minimum atomic E-state index is -0.689. The second-order valence-electron chi connectivity index (χ2n) is 9.74. The number of carbonyl (C=O) groups excluding carboxylic acids is 2. The standard InChI is InChI=1S/C22H39N3O5/c1-14(15-10-22(11-15,29-7)30-8)12-24(6)18(21(2,3)4)20(28)25-13-16(26)9-17(25)19(27)23-5/h12,15-18,26H,9-11,13H2,1-8H3,(H,23,27)/b14-12+/t16-,17+,18-/m1/s1. The van der Waals surface area contributed by atoms with Crippen LogP contribution in [0.1, 0.15) is 47.0 Å². The first-order valence-corrected chi connectivity index (χ1v) is 10.6. The van der Waals surface area contributed by atoms with Crippen molar-refractivity contribution in [2.24, 2.45) is 11.3 Å². The first kappa shape index (κ1) is 24.6. The summed E-state index contributed by atoms with van der Waals surface area (Å²) in [4.78, 5) is 29.3. The lowest BCUT2D eigenvalue weighted by Crippen LogP contribution is -2.56. The van der Waals surface area contributed by atoms with Gasteiger partial charge in [-0.3, -0.25) is 9.59 Å². The highest BCUT2D eigenvalue weighted by molar-refractivity contribution is 5.90. The van der Waals surface area contributed by atoms with Crippen molar-refractivity contribution in [3.8, 4) is 0 Å². The molecule has 0 radical (unpaired) electrons. The quantitative estimate of drug-likeness (QED) is 0.598. The maximum atomic E-state index is 13.6. The van der Waals surface area contributed by atoms with E-state index >= 15 is 0 Å². The monoisotopic (exact) mass is 425 g/mol. The van der Waals surface area contributed by atoms with Gasteiger partial charge < -0.3 is 29.7 Å². The number of aliphatic hydroxyl groups is 1. The van der Waals surface area contributed by atoms with Gasteiger partial charge in [0.05, 0.1) is 6.10 Å². The molecule has 8 heteroatoms. The first-order valence-electron chi connectivity index (χ1n) is 10.6. The van der Waals surface area contributed by atoms with E-state index in [1.807, 2.05) is 38.9 Å². The highest BCUT2D eigenvalue weighted by atomic mass is 16.7. The molecule has 1 saturated carbocycles. The molecule has 1 aliphatic carbocycles. The number of allylic oxidation sites excluding steroid dienone is 1. The van der Waals surface area contributed by atoms with E-state index < -0.39 is 24.0 Å². The van der Waals surface area contributed by atoms with Gasteiger partial charge in [-0.2, -0.15) is 0 Å². The Morgan fingerprint density at radius 3 is 2.30 bits per heavy atom. The summed E-state index contributed by atoms with van der Waals surface area (Å²) in [5.74, 6) is -0.567. The molecule has 3 atom stereocenters. The minimum absolute atomic E-state index is 0.143. The number of likely N-dealkylation sites (N-methyl/N-ethyl adjacent to an activating group) is 2. The van der Waals surface area contributed by atoms with Crippen molar-refractivity contribution in [2.45, 2.75) is 70.9 Å². The molecule has 2 N–H and O–H groups in total. The summed E-state index contributed by atoms with van der Waals surface area (Å²) in [5, 5.41) is 12.7. The zero-order valence-corrected chi connectivity index (χ0v) is 19.7. The predicted molar refractivity (Wildman–Crippen MR) is 114 cm³/mol. The number of methoxy groups -OCH3 is 2. The third-order valence-electron chi connectivity index (χ3n) is 6.48. The number of carbonyl (C=O) groups is 2. The Morgan fingerprint density at radius 1 is 1.27 bits per heavy atom. The van der Waals surface area contributed by atoms with Crippen molar-refractivity contribution >= 4 is 11.8 Å². The molecule has 0 aromatic carbocycles. The van der Waals surface area contributed by atoms with Crippen LogP contribution in [0.15, 0.2) is 11.8 Å².